The molecule has 130 valence electrons. The highest BCUT2D eigenvalue weighted by molar-refractivity contribution is 5.41. The molecule has 1 heterocycles. The molecule has 1 saturated heterocycles. The van der Waals surface area contributed by atoms with E-state index in [0.29, 0.717) is 29.7 Å². The van der Waals surface area contributed by atoms with Crippen molar-refractivity contribution in [3.8, 4) is 6.07 Å². The van der Waals surface area contributed by atoms with Gasteiger partial charge in [0, 0.05) is 5.41 Å². The Morgan fingerprint density at radius 2 is 1.92 bits per heavy atom. The van der Waals surface area contributed by atoms with Crippen LogP contribution in [-0.2, 0) is 4.74 Å². The molecule has 0 aromatic rings. The number of nitrogens with zero attached hydrogens (tertiary/aromatic N) is 1. The molecule has 8 atom stereocenters. The van der Waals surface area contributed by atoms with E-state index in [-0.39, 0.29) is 34.4 Å². The lowest BCUT2D eigenvalue weighted by atomic mass is 9.45. The van der Waals surface area contributed by atoms with Crippen LogP contribution in [0.1, 0.15) is 58.8 Å². The maximum atomic E-state index is 10.5. The molecule has 3 saturated carbocycles. The highest BCUT2D eigenvalue weighted by Crippen LogP contribution is 2.73. The number of rotatable bonds is 0. The van der Waals surface area contributed by atoms with Gasteiger partial charge in [-0.1, -0.05) is 13.8 Å². The molecular weight excluding hydrogens is 302 g/mol. The molecule has 2 N–H and O–H groups in total. The van der Waals surface area contributed by atoms with Gasteiger partial charge in [-0.05, 0) is 68.1 Å². The number of hydrogen-bond donors (Lipinski definition) is 2. The number of allylic oxidation sites excluding steroid dienone is 1. The fourth-order valence-corrected chi connectivity index (χ4v) is 7.50. The summed E-state index contributed by atoms with van der Waals surface area (Å²) in [6.45, 7) is 4.60. The number of ether oxygens (including phenoxy) is 1. The number of epoxide rings is 1. The Hall–Kier alpha value is -1.05. The number of hydrogen-bond acceptors (Lipinski definition) is 4. The van der Waals surface area contributed by atoms with E-state index in [4.69, 9.17) is 4.74 Å². The maximum Gasteiger partial charge on any atom is 0.146 e. The quantitative estimate of drug-likeness (QED) is 0.667. The fraction of sp³-hybridized carbons (Fsp3) is 0.850. The van der Waals surface area contributed by atoms with Crippen molar-refractivity contribution in [2.45, 2.75) is 76.6 Å². The Kier molecular flexibility index (Phi) is 2.77. The molecule has 0 radical (unpaired) electrons. The van der Waals surface area contributed by atoms with Gasteiger partial charge in [0.25, 0.3) is 0 Å². The molecule has 0 unspecified atom stereocenters. The summed E-state index contributed by atoms with van der Waals surface area (Å²) in [4.78, 5) is 0. The van der Waals surface area contributed by atoms with Crippen LogP contribution in [0.15, 0.2) is 11.3 Å². The van der Waals surface area contributed by atoms with Crippen LogP contribution in [0.4, 0.5) is 0 Å². The van der Waals surface area contributed by atoms with Crippen LogP contribution in [0.3, 0.4) is 0 Å². The summed E-state index contributed by atoms with van der Waals surface area (Å²) in [5.74, 6) is 1.96. The van der Waals surface area contributed by atoms with Gasteiger partial charge in [-0.25, -0.2) is 0 Å². The minimum absolute atomic E-state index is 0.0489. The second-order valence-electron chi connectivity index (χ2n) is 9.51. The Morgan fingerprint density at radius 1 is 1.12 bits per heavy atom. The summed E-state index contributed by atoms with van der Waals surface area (Å²) in [6.07, 6.45) is 6.65. The predicted octanol–water partition coefficient (Wildman–Crippen LogP) is 3.47. The van der Waals surface area contributed by atoms with E-state index in [2.05, 4.69) is 19.9 Å². The van der Waals surface area contributed by atoms with Crippen molar-refractivity contribution in [1.29, 1.82) is 5.26 Å². The van der Waals surface area contributed by atoms with Crippen molar-refractivity contribution in [3.63, 3.8) is 0 Å². The lowest BCUT2D eigenvalue weighted by Crippen LogP contribution is -2.57. The minimum Gasteiger partial charge on any atom is -0.508 e. The molecular formula is C20H27NO3. The van der Waals surface area contributed by atoms with Crippen LogP contribution < -0.4 is 0 Å². The number of nitriles is 1. The highest BCUT2D eigenvalue weighted by Gasteiger charge is 2.76. The van der Waals surface area contributed by atoms with Gasteiger partial charge in [-0.15, -0.1) is 0 Å². The van der Waals surface area contributed by atoms with E-state index < -0.39 is 0 Å². The molecule has 4 heteroatoms. The van der Waals surface area contributed by atoms with Crippen LogP contribution in [0.5, 0.6) is 0 Å². The van der Waals surface area contributed by atoms with E-state index in [1.807, 2.05) is 0 Å². The second-order valence-corrected chi connectivity index (χ2v) is 9.51. The Morgan fingerprint density at radius 3 is 2.67 bits per heavy atom. The summed E-state index contributed by atoms with van der Waals surface area (Å²) in [5.41, 5.74) is 0.336. The monoisotopic (exact) mass is 329 g/mol. The van der Waals surface area contributed by atoms with Crippen molar-refractivity contribution in [3.05, 3.63) is 11.3 Å². The Labute approximate surface area is 143 Å². The first-order valence-electron chi connectivity index (χ1n) is 9.55. The molecule has 0 aromatic heterocycles. The van der Waals surface area contributed by atoms with Gasteiger partial charge >= 0.3 is 0 Å². The van der Waals surface area contributed by atoms with Crippen LogP contribution in [0, 0.1) is 39.9 Å². The first-order chi connectivity index (χ1) is 11.4. The van der Waals surface area contributed by atoms with Crippen LogP contribution in [-0.4, -0.2) is 28.0 Å². The van der Waals surface area contributed by atoms with Crippen molar-refractivity contribution in [1.82, 2.24) is 0 Å². The zero-order chi connectivity index (χ0) is 16.9. The van der Waals surface area contributed by atoms with E-state index in [1.54, 1.807) is 0 Å². The molecule has 1 aliphatic heterocycles. The molecule has 1 spiro atoms. The van der Waals surface area contributed by atoms with Gasteiger partial charge in [-0.3, -0.25) is 0 Å². The Balaban J connectivity index is 1.55. The Bertz CT molecular complexity index is 681. The van der Waals surface area contributed by atoms with Crippen molar-refractivity contribution in [2.24, 2.45) is 28.6 Å². The lowest BCUT2D eigenvalue weighted by molar-refractivity contribution is -0.116. The number of fused-ring (bicyclic) bond motifs is 4. The van der Waals surface area contributed by atoms with Crippen molar-refractivity contribution >= 4 is 0 Å². The molecule has 0 amide bonds. The highest BCUT2D eigenvalue weighted by atomic mass is 16.6. The predicted molar refractivity (Wildman–Crippen MR) is 87.9 cm³/mol. The standard InChI is InChI=1S/C20H27NO3/c1-18-7-6-14-12(13(18)3-4-15(18)22)5-8-20-17(24-20)16(23)11(10-21)9-19(14,20)2/h12-15,17,22-23H,3-9H2,1-2H3/t12-,13-,14-,15-,17-,18-,19+,20+/m0/s1. The summed E-state index contributed by atoms with van der Waals surface area (Å²) in [7, 11) is 0. The maximum absolute atomic E-state index is 10.5. The number of aliphatic hydroxyl groups excluding tert-OH is 2. The smallest absolute Gasteiger partial charge is 0.146 e. The third-order valence-electron chi connectivity index (χ3n) is 8.95. The van der Waals surface area contributed by atoms with Crippen LogP contribution >= 0.6 is 0 Å². The first kappa shape index (κ1) is 15.2. The number of aliphatic hydroxyl groups is 2. The third kappa shape index (κ3) is 1.48. The van der Waals surface area contributed by atoms with Crippen LogP contribution in [0.2, 0.25) is 0 Å². The van der Waals surface area contributed by atoms with E-state index in [0.717, 1.165) is 38.5 Å². The average Bonchev–Trinajstić information content (AvgIpc) is 3.23. The molecule has 4 fully saturated rings. The summed E-state index contributed by atoms with van der Waals surface area (Å²) < 4.78 is 6.11. The van der Waals surface area contributed by atoms with Gasteiger partial charge in [0.1, 0.15) is 17.5 Å². The first-order valence-corrected chi connectivity index (χ1v) is 9.55. The second kappa shape index (κ2) is 4.37. The van der Waals surface area contributed by atoms with Gasteiger partial charge in [0.15, 0.2) is 0 Å². The largest absolute Gasteiger partial charge is 0.508 e. The van der Waals surface area contributed by atoms with Crippen LogP contribution in [0.25, 0.3) is 0 Å². The molecule has 24 heavy (non-hydrogen) atoms. The average molecular weight is 329 g/mol. The summed E-state index contributed by atoms with van der Waals surface area (Å²) >= 11 is 0. The topological polar surface area (TPSA) is 76.8 Å². The third-order valence-corrected chi connectivity index (χ3v) is 8.95. The van der Waals surface area contributed by atoms with E-state index in [9.17, 15) is 15.5 Å². The summed E-state index contributed by atoms with van der Waals surface area (Å²) in [5, 5.41) is 30.4. The molecule has 4 nitrogen and oxygen atoms in total. The van der Waals surface area contributed by atoms with Gasteiger partial charge in [-0.2, -0.15) is 5.26 Å². The van der Waals surface area contributed by atoms with Gasteiger partial charge in [0.05, 0.1) is 17.7 Å². The van der Waals surface area contributed by atoms with Gasteiger partial charge < -0.3 is 14.9 Å². The minimum atomic E-state index is -0.241. The molecule has 5 rings (SSSR count). The zero-order valence-electron chi connectivity index (χ0n) is 14.6. The fourth-order valence-electron chi connectivity index (χ4n) is 7.50. The van der Waals surface area contributed by atoms with E-state index >= 15 is 0 Å². The summed E-state index contributed by atoms with van der Waals surface area (Å²) in [6, 6.07) is 2.23. The van der Waals surface area contributed by atoms with E-state index in [1.165, 1.54) is 0 Å². The molecule has 5 aliphatic rings. The van der Waals surface area contributed by atoms with Gasteiger partial charge in [0.2, 0.25) is 0 Å². The lowest BCUT2D eigenvalue weighted by Gasteiger charge is -2.58. The molecule has 0 bridgehead atoms. The normalized spacial score (nSPS) is 58.2. The molecule has 4 aliphatic carbocycles. The van der Waals surface area contributed by atoms with Crippen molar-refractivity contribution < 1.29 is 14.9 Å². The zero-order valence-corrected chi connectivity index (χ0v) is 14.6. The SMILES string of the molecule is C[C@]12CC[C@H]3[C@@H](CC[C@@]45O[C@H]4C(O)=C(C#N)C[C@]35C)[C@@H]1CC[C@@H]2O. The molecule has 0 aromatic carbocycles. The van der Waals surface area contributed by atoms with Crippen molar-refractivity contribution in [2.75, 3.05) is 0 Å².